The maximum Gasteiger partial charge on any atom is 0.166 e. The van der Waals surface area contributed by atoms with Gasteiger partial charge in [0.1, 0.15) is 13.2 Å². The lowest BCUT2D eigenvalue weighted by molar-refractivity contribution is 0.165. The second-order valence-corrected chi connectivity index (χ2v) is 8.27. The zero-order chi connectivity index (χ0) is 15.6. The van der Waals surface area contributed by atoms with Gasteiger partial charge in [-0.05, 0) is 25.5 Å². The Morgan fingerprint density at radius 2 is 2.09 bits per heavy atom. The molecule has 0 radical (unpaired) electrons. The second-order valence-electron chi connectivity index (χ2n) is 5.80. The summed E-state index contributed by atoms with van der Waals surface area (Å²) in [6.07, 6.45) is 2.12. The number of fused-ring (bicyclic) bond motifs is 1. The van der Waals surface area contributed by atoms with Gasteiger partial charge in [0.2, 0.25) is 0 Å². The van der Waals surface area contributed by atoms with E-state index in [1.165, 1.54) is 0 Å². The van der Waals surface area contributed by atoms with Gasteiger partial charge in [-0.3, -0.25) is 4.90 Å². The summed E-state index contributed by atoms with van der Waals surface area (Å²) in [5, 5.41) is 0. The van der Waals surface area contributed by atoms with Crippen molar-refractivity contribution in [1.29, 1.82) is 0 Å². The van der Waals surface area contributed by atoms with Gasteiger partial charge >= 0.3 is 0 Å². The van der Waals surface area contributed by atoms with Crippen LogP contribution in [0.5, 0.6) is 11.5 Å². The SMILES string of the molecule is CCS(=O)(=O)CCN1CCC[C@H]1c1cccc2c1OCCO2. The topological polar surface area (TPSA) is 55.8 Å². The van der Waals surface area contributed by atoms with Crippen LogP contribution in [-0.2, 0) is 9.84 Å². The van der Waals surface area contributed by atoms with Crippen molar-refractivity contribution in [2.45, 2.75) is 25.8 Å². The molecule has 0 unspecified atom stereocenters. The van der Waals surface area contributed by atoms with Crippen molar-refractivity contribution in [1.82, 2.24) is 4.90 Å². The predicted molar refractivity (Wildman–Crippen MR) is 85.3 cm³/mol. The van der Waals surface area contributed by atoms with Crippen LogP contribution in [0, 0.1) is 0 Å². The molecule has 1 aromatic rings. The molecule has 0 bridgehead atoms. The average Bonchev–Trinajstić information content (AvgIpc) is 3.01. The van der Waals surface area contributed by atoms with Gasteiger partial charge in [-0.15, -0.1) is 0 Å². The highest BCUT2D eigenvalue weighted by molar-refractivity contribution is 7.91. The summed E-state index contributed by atoms with van der Waals surface area (Å²) in [4.78, 5) is 2.26. The summed E-state index contributed by atoms with van der Waals surface area (Å²) in [5.41, 5.74) is 1.13. The second kappa shape index (κ2) is 6.46. The Morgan fingerprint density at radius 3 is 2.91 bits per heavy atom. The number of sulfone groups is 1. The molecule has 0 amide bonds. The number of hydrogen-bond acceptors (Lipinski definition) is 5. The predicted octanol–water partition coefficient (Wildman–Crippen LogP) is 2.03. The van der Waals surface area contributed by atoms with Crippen molar-refractivity contribution in [2.75, 3.05) is 37.8 Å². The number of ether oxygens (including phenoxy) is 2. The molecule has 3 rings (SSSR count). The molecule has 1 fully saturated rings. The van der Waals surface area contributed by atoms with Crippen LogP contribution in [0.3, 0.4) is 0 Å². The highest BCUT2D eigenvalue weighted by Gasteiger charge is 2.30. The minimum atomic E-state index is -2.93. The first-order valence-electron chi connectivity index (χ1n) is 7.93. The summed E-state index contributed by atoms with van der Waals surface area (Å²) >= 11 is 0. The zero-order valence-corrected chi connectivity index (χ0v) is 13.8. The van der Waals surface area contributed by atoms with E-state index in [1.54, 1.807) is 6.92 Å². The van der Waals surface area contributed by atoms with E-state index in [2.05, 4.69) is 11.0 Å². The van der Waals surface area contributed by atoms with Crippen LogP contribution in [-0.4, -0.2) is 51.1 Å². The van der Waals surface area contributed by atoms with E-state index in [-0.39, 0.29) is 17.5 Å². The molecule has 0 saturated carbocycles. The Kier molecular flexibility index (Phi) is 4.59. The molecule has 0 aromatic heterocycles. The van der Waals surface area contributed by atoms with E-state index in [1.807, 2.05) is 12.1 Å². The van der Waals surface area contributed by atoms with Crippen molar-refractivity contribution in [3.63, 3.8) is 0 Å². The van der Waals surface area contributed by atoms with Gasteiger partial charge in [0.05, 0.1) is 5.75 Å². The van der Waals surface area contributed by atoms with E-state index < -0.39 is 9.84 Å². The van der Waals surface area contributed by atoms with Gasteiger partial charge in [0.15, 0.2) is 21.3 Å². The lowest BCUT2D eigenvalue weighted by atomic mass is 10.0. The van der Waals surface area contributed by atoms with E-state index in [4.69, 9.17) is 9.47 Å². The maximum atomic E-state index is 11.8. The van der Waals surface area contributed by atoms with E-state index in [0.717, 1.165) is 36.4 Å². The molecule has 1 aromatic carbocycles. The van der Waals surface area contributed by atoms with E-state index >= 15 is 0 Å². The summed E-state index contributed by atoms with van der Waals surface area (Å²) < 4.78 is 35.0. The Bertz CT molecular complexity index is 629. The minimum absolute atomic E-state index is 0.212. The van der Waals surface area contributed by atoms with Crippen LogP contribution >= 0.6 is 0 Å². The third-order valence-electron chi connectivity index (χ3n) is 4.45. The van der Waals surface area contributed by atoms with E-state index in [9.17, 15) is 8.42 Å². The van der Waals surface area contributed by atoms with Crippen molar-refractivity contribution in [3.8, 4) is 11.5 Å². The molecule has 0 N–H and O–H groups in total. The fraction of sp³-hybridized carbons (Fsp3) is 0.625. The van der Waals surface area contributed by atoms with Crippen molar-refractivity contribution >= 4 is 9.84 Å². The molecule has 2 aliphatic heterocycles. The number of likely N-dealkylation sites (tertiary alicyclic amines) is 1. The van der Waals surface area contributed by atoms with Gasteiger partial charge in [-0.1, -0.05) is 19.1 Å². The summed E-state index contributed by atoms with van der Waals surface area (Å²) in [5.74, 6) is 2.08. The van der Waals surface area contributed by atoms with Gasteiger partial charge in [0.25, 0.3) is 0 Å². The van der Waals surface area contributed by atoms with Crippen LogP contribution < -0.4 is 9.47 Å². The zero-order valence-electron chi connectivity index (χ0n) is 13.0. The molecule has 0 aliphatic carbocycles. The highest BCUT2D eigenvalue weighted by Crippen LogP contribution is 2.42. The molecule has 2 heterocycles. The van der Waals surface area contributed by atoms with Crippen LogP contribution in [0.2, 0.25) is 0 Å². The maximum absolute atomic E-state index is 11.8. The van der Waals surface area contributed by atoms with E-state index in [0.29, 0.717) is 19.8 Å². The first-order valence-corrected chi connectivity index (χ1v) is 9.76. The van der Waals surface area contributed by atoms with Gasteiger partial charge < -0.3 is 9.47 Å². The molecule has 5 nitrogen and oxygen atoms in total. The fourth-order valence-corrected chi connectivity index (χ4v) is 4.01. The molecule has 1 saturated heterocycles. The number of para-hydroxylation sites is 1. The summed E-state index contributed by atoms with van der Waals surface area (Å²) in [6.45, 7) is 4.38. The van der Waals surface area contributed by atoms with Crippen molar-refractivity contribution < 1.29 is 17.9 Å². The fourth-order valence-electron chi connectivity index (χ4n) is 3.21. The molecule has 1 atom stereocenters. The third kappa shape index (κ3) is 3.22. The first kappa shape index (κ1) is 15.6. The van der Waals surface area contributed by atoms with Gasteiger partial charge in [0, 0.05) is 23.9 Å². The first-order chi connectivity index (χ1) is 10.6. The lowest BCUT2D eigenvalue weighted by Crippen LogP contribution is -2.30. The summed E-state index contributed by atoms with van der Waals surface area (Å²) in [6, 6.07) is 6.22. The van der Waals surface area contributed by atoms with Gasteiger partial charge in [-0.2, -0.15) is 0 Å². The van der Waals surface area contributed by atoms with Gasteiger partial charge in [-0.25, -0.2) is 8.42 Å². The number of rotatable bonds is 5. The minimum Gasteiger partial charge on any atom is -0.486 e. The number of benzene rings is 1. The Balaban J connectivity index is 1.79. The van der Waals surface area contributed by atoms with Crippen LogP contribution in [0.25, 0.3) is 0 Å². The number of hydrogen-bond donors (Lipinski definition) is 0. The summed E-state index contributed by atoms with van der Waals surface area (Å²) in [7, 11) is -2.93. The lowest BCUT2D eigenvalue weighted by Gasteiger charge is -2.28. The Labute approximate surface area is 132 Å². The van der Waals surface area contributed by atoms with Crippen LogP contribution in [0.1, 0.15) is 31.4 Å². The Hall–Kier alpha value is -1.27. The standard InChI is InChI=1S/C16H23NO4S/c1-2-22(18,19)12-9-17-8-4-6-14(17)13-5-3-7-15-16(13)21-11-10-20-15/h3,5,7,14H,2,4,6,8-12H2,1H3/t14-/m0/s1. The monoisotopic (exact) mass is 325 g/mol. The van der Waals surface area contributed by atoms with Crippen LogP contribution in [0.4, 0.5) is 0 Å². The molecular formula is C16H23NO4S. The third-order valence-corrected chi connectivity index (χ3v) is 6.13. The normalized spacial score (nSPS) is 22.0. The Morgan fingerprint density at radius 1 is 1.27 bits per heavy atom. The van der Waals surface area contributed by atoms with Crippen molar-refractivity contribution in [3.05, 3.63) is 23.8 Å². The average molecular weight is 325 g/mol. The largest absolute Gasteiger partial charge is 0.486 e. The molecule has 122 valence electrons. The molecule has 6 heteroatoms. The van der Waals surface area contributed by atoms with Crippen molar-refractivity contribution in [2.24, 2.45) is 0 Å². The number of nitrogens with zero attached hydrogens (tertiary/aromatic N) is 1. The smallest absolute Gasteiger partial charge is 0.166 e. The van der Waals surface area contributed by atoms with Crippen LogP contribution in [0.15, 0.2) is 18.2 Å². The molecule has 2 aliphatic rings. The highest BCUT2D eigenvalue weighted by atomic mass is 32.2. The molecular weight excluding hydrogens is 302 g/mol. The molecule has 22 heavy (non-hydrogen) atoms. The molecule has 0 spiro atoms. The quantitative estimate of drug-likeness (QED) is 0.829.